The van der Waals surface area contributed by atoms with Crippen LogP contribution in [0.2, 0.25) is 0 Å². The molecule has 2 aromatic carbocycles. The molecule has 8 heteroatoms. The molecule has 0 aliphatic heterocycles. The van der Waals surface area contributed by atoms with Crippen LogP contribution in [-0.2, 0) is 27.7 Å². The van der Waals surface area contributed by atoms with Crippen molar-refractivity contribution in [3.63, 3.8) is 0 Å². The molecule has 158 valence electrons. The molecule has 6 nitrogen and oxygen atoms in total. The van der Waals surface area contributed by atoms with Crippen molar-refractivity contribution >= 4 is 48.5 Å². The van der Waals surface area contributed by atoms with Crippen LogP contribution < -0.4 is 5.32 Å². The first-order chi connectivity index (χ1) is 14.3. The number of nitrogens with one attached hydrogen (secondary N) is 2. The molecule has 0 radical (unpaired) electrons. The van der Waals surface area contributed by atoms with Gasteiger partial charge in [0.2, 0.25) is 15.9 Å². The third-order valence-electron chi connectivity index (χ3n) is 5.54. The number of aromatic nitrogens is 1. The van der Waals surface area contributed by atoms with Crippen LogP contribution in [0.15, 0.2) is 45.8 Å². The van der Waals surface area contributed by atoms with E-state index in [1.54, 1.807) is 18.2 Å². The molecule has 0 unspecified atom stereocenters. The predicted octanol–water partition coefficient (Wildman–Crippen LogP) is 4.38. The highest BCUT2D eigenvalue weighted by Gasteiger charge is 2.25. The number of halogens is 1. The number of H-pyrrole nitrogens is 1. The SMILES string of the molecule is Cc1ccc(NC(=O)CN(C)S(=O)(=O)c2ccc3[nH]c4c(c3c2)CCCC4)c(Br)c1. The molecule has 2 N–H and O–H groups in total. The van der Waals surface area contributed by atoms with Crippen molar-refractivity contribution in [1.29, 1.82) is 0 Å². The number of hydrogen-bond acceptors (Lipinski definition) is 3. The maximum absolute atomic E-state index is 13.1. The normalized spacial score (nSPS) is 14.1. The molecular formula is C22H24BrN3O3S. The maximum atomic E-state index is 13.1. The number of hydrogen-bond donors (Lipinski definition) is 2. The van der Waals surface area contributed by atoms with Crippen molar-refractivity contribution in [3.05, 3.63) is 57.7 Å². The molecule has 0 saturated carbocycles. The van der Waals surface area contributed by atoms with Gasteiger partial charge in [-0.3, -0.25) is 4.79 Å². The van der Waals surface area contributed by atoms with Crippen molar-refractivity contribution in [3.8, 4) is 0 Å². The van der Waals surface area contributed by atoms with Gasteiger partial charge in [0, 0.05) is 28.1 Å². The number of rotatable bonds is 5. The Labute approximate surface area is 184 Å². The summed E-state index contributed by atoms with van der Waals surface area (Å²) < 4.78 is 28.0. The molecule has 0 atom stereocenters. The highest BCUT2D eigenvalue weighted by molar-refractivity contribution is 9.10. The van der Waals surface area contributed by atoms with Gasteiger partial charge in [-0.25, -0.2) is 8.42 Å². The number of aryl methyl sites for hydroxylation is 3. The summed E-state index contributed by atoms with van der Waals surface area (Å²) in [6, 6.07) is 10.7. The van der Waals surface area contributed by atoms with E-state index in [4.69, 9.17) is 0 Å². The fraction of sp³-hybridized carbons (Fsp3) is 0.318. The minimum Gasteiger partial charge on any atom is -0.358 e. The van der Waals surface area contributed by atoms with Crippen LogP contribution in [0, 0.1) is 6.92 Å². The van der Waals surface area contributed by atoms with Crippen LogP contribution in [0.5, 0.6) is 0 Å². The monoisotopic (exact) mass is 489 g/mol. The second kappa shape index (κ2) is 8.17. The molecule has 1 aliphatic rings. The highest BCUT2D eigenvalue weighted by Crippen LogP contribution is 2.31. The fourth-order valence-corrected chi connectivity index (χ4v) is 5.67. The van der Waals surface area contributed by atoms with Gasteiger partial charge in [0.1, 0.15) is 0 Å². The van der Waals surface area contributed by atoms with Gasteiger partial charge < -0.3 is 10.3 Å². The second-order valence-electron chi connectivity index (χ2n) is 7.79. The van der Waals surface area contributed by atoms with Crippen LogP contribution >= 0.6 is 15.9 Å². The Kier molecular flexibility index (Phi) is 5.74. The van der Waals surface area contributed by atoms with E-state index in [1.807, 2.05) is 25.1 Å². The number of likely N-dealkylation sites (N-methyl/N-ethyl adjacent to an activating group) is 1. The smallest absolute Gasteiger partial charge is 0.243 e. The first kappa shape index (κ1) is 21.1. The van der Waals surface area contributed by atoms with Crippen LogP contribution in [-0.4, -0.2) is 37.2 Å². The Bertz CT molecular complexity index is 1230. The quantitative estimate of drug-likeness (QED) is 0.557. The largest absolute Gasteiger partial charge is 0.358 e. The summed E-state index contributed by atoms with van der Waals surface area (Å²) in [5.74, 6) is -0.397. The van der Waals surface area contributed by atoms with Crippen LogP contribution in [0.3, 0.4) is 0 Å². The highest BCUT2D eigenvalue weighted by atomic mass is 79.9. The Morgan fingerprint density at radius 1 is 1.17 bits per heavy atom. The van der Waals surface area contributed by atoms with Crippen molar-refractivity contribution in [2.24, 2.45) is 0 Å². The van der Waals surface area contributed by atoms with E-state index < -0.39 is 15.9 Å². The first-order valence-electron chi connectivity index (χ1n) is 9.91. The van der Waals surface area contributed by atoms with E-state index in [9.17, 15) is 13.2 Å². The molecule has 0 spiro atoms. The van der Waals surface area contributed by atoms with Crippen molar-refractivity contribution in [2.45, 2.75) is 37.5 Å². The number of carbonyl (C=O) groups is 1. The number of aromatic amines is 1. The molecule has 1 amide bonds. The van der Waals surface area contributed by atoms with Gasteiger partial charge in [0.25, 0.3) is 0 Å². The van der Waals surface area contributed by atoms with Gasteiger partial charge >= 0.3 is 0 Å². The van der Waals surface area contributed by atoms with Gasteiger partial charge in [-0.05, 0) is 90.0 Å². The van der Waals surface area contributed by atoms with E-state index in [1.165, 1.54) is 18.3 Å². The number of benzene rings is 2. The lowest BCUT2D eigenvalue weighted by molar-refractivity contribution is -0.116. The molecule has 1 aliphatic carbocycles. The molecule has 0 saturated heterocycles. The average molecular weight is 490 g/mol. The summed E-state index contributed by atoms with van der Waals surface area (Å²) in [7, 11) is -2.37. The second-order valence-corrected chi connectivity index (χ2v) is 10.7. The number of anilines is 1. The number of sulfonamides is 1. The topological polar surface area (TPSA) is 82.3 Å². The third kappa shape index (κ3) is 4.04. The summed E-state index contributed by atoms with van der Waals surface area (Å²) in [6.45, 7) is 1.68. The van der Waals surface area contributed by atoms with Gasteiger partial charge in [0.05, 0.1) is 17.1 Å². The van der Waals surface area contributed by atoms with Crippen molar-refractivity contribution < 1.29 is 13.2 Å². The Balaban J connectivity index is 1.54. The lowest BCUT2D eigenvalue weighted by Crippen LogP contribution is -2.35. The zero-order valence-electron chi connectivity index (χ0n) is 17.0. The first-order valence-corrected chi connectivity index (χ1v) is 12.1. The lowest BCUT2D eigenvalue weighted by Gasteiger charge is -2.17. The third-order valence-corrected chi connectivity index (χ3v) is 8.00. The van der Waals surface area contributed by atoms with Crippen LogP contribution in [0.4, 0.5) is 5.69 Å². The predicted molar refractivity (Wildman–Crippen MR) is 122 cm³/mol. The fourth-order valence-electron chi connectivity index (χ4n) is 3.92. The molecule has 1 heterocycles. The number of fused-ring (bicyclic) bond motifs is 3. The van der Waals surface area contributed by atoms with E-state index in [-0.39, 0.29) is 11.4 Å². The average Bonchev–Trinajstić information content (AvgIpc) is 3.08. The molecule has 0 bridgehead atoms. The Hall–Kier alpha value is -2.16. The minimum absolute atomic E-state index is 0.203. The van der Waals surface area contributed by atoms with Gasteiger partial charge in [-0.2, -0.15) is 4.31 Å². The molecule has 3 aromatic rings. The number of nitrogens with zero attached hydrogens (tertiary/aromatic N) is 1. The van der Waals surface area contributed by atoms with E-state index >= 15 is 0 Å². The van der Waals surface area contributed by atoms with Gasteiger partial charge in [-0.1, -0.05) is 6.07 Å². The summed E-state index contributed by atoms with van der Waals surface area (Å²) in [5.41, 5.74) is 5.06. The zero-order valence-corrected chi connectivity index (χ0v) is 19.4. The van der Waals surface area contributed by atoms with E-state index in [0.29, 0.717) is 5.69 Å². The molecular weight excluding hydrogens is 466 g/mol. The molecule has 30 heavy (non-hydrogen) atoms. The Morgan fingerprint density at radius 3 is 2.70 bits per heavy atom. The molecule has 0 fully saturated rings. The minimum atomic E-state index is -3.79. The van der Waals surface area contributed by atoms with Crippen LogP contribution in [0.1, 0.15) is 29.7 Å². The maximum Gasteiger partial charge on any atom is 0.243 e. The summed E-state index contributed by atoms with van der Waals surface area (Å²) in [4.78, 5) is 16.1. The van der Waals surface area contributed by atoms with Crippen molar-refractivity contribution in [1.82, 2.24) is 9.29 Å². The van der Waals surface area contributed by atoms with E-state index in [2.05, 4.69) is 26.2 Å². The lowest BCUT2D eigenvalue weighted by atomic mass is 9.96. The van der Waals surface area contributed by atoms with Crippen molar-refractivity contribution in [2.75, 3.05) is 18.9 Å². The zero-order chi connectivity index (χ0) is 21.5. The summed E-state index contributed by atoms with van der Waals surface area (Å²) in [5, 5.41) is 3.73. The van der Waals surface area contributed by atoms with Gasteiger partial charge in [0.15, 0.2) is 0 Å². The number of amides is 1. The van der Waals surface area contributed by atoms with Gasteiger partial charge in [-0.15, -0.1) is 0 Å². The Morgan fingerprint density at radius 2 is 1.93 bits per heavy atom. The summed E-state index contributed by atoms with van der Waals surface area (Å²) in [6.07, 6.45) is 4.23. The van der Waals surface area contributed by atoms with E-state index in [0.717, 1.165) is 50.9 Å². The molecule has 1 aromatic heterocycles. The van der Waals surface area contributed by atoms with Crippen LogP contribution in [0.25, 0.3) is 10.9 Å². The number of carbonyl (C=O) groups excluding carboxylic acids is 1. The summed E-state index contributed by atoms with van der Waals surface area (Å²) >= 11 is 3.42. The molecule has 4 rings (SSSR count). The standard InChI is InChI=1S/C22H24BrN3O3S/c1-14-7-9-21(18(23)11-14)25-22(27)13-26(2)30(28,29)15-8-10-20-17(12-15)16-5-3-4-6-19(16)24-20/h7-12,24H,3-6,13H2,1-2H3,(H,25,27).